The van der Waals surface area contributed by atoms with Crippen molar-refractivity contribution in [3.05, 3.63) is 34.1 Å². The molecule has 2 aromatic rings. The first-order chi connectivity index (χ1) is 8.91. The largest absolute Gasteiger partial charge is 0.388 e. The predicted octanol–water partition coefficient (Wildman–Crippen LogP) is 2.06. The van der Waals surface area contributed by atoms with Crippen molar-refractivity contribution in [1.29, 1.82) is 0 Å². The molecule has 1 heterocycles. The topological polar surface area (TPSA) is 85.2 Å². The highest BCUT2D eigenvalue weighted by Crippen LogP contribution is 2.24. The Balaban J connectivity index is 2.26. The molecule has 3 N–H and O–H groups in total. The summed E-state index contributed by atoms with van der Waals surface area (Å²) in [6, 6.07) is 5.84. The summed E-state index contributed by atoms with van der Waals surface area (Å²) in [5.41, 5.74) is 6.39. The second-order valence-corrected chi connectivity index (χ2v) is 5.76. The molecule has 0 aliphatic heterocycles. The van der Waals surface area contributed by atoms with Crippen LogP contribution in [0.25, 0.3) is 11.4 Å². The van der Waals surface area contributed by atoms with Crippen molar-refractivity contribution in [1.82, 2.24) is 10.1 Å². The summed E-state index contributed by atoms with van der Waals surface area (Å²) in [5, 5.41) is 13.8. The highest BCUT2D eigenvalue weighted by atomic mass is 79.9. The molecule has 19 heavy (non-hydrogen) atoms. The van der Waals surface area contributed by atoms with Gasteiger partial charge in [-0.25, -0.2) is 0 Å². The molecule has 0 amide bonds. The Hall–Kier alpha value is -1.24. The Morgan fingerprint density at radius 1 is 1.47 bits per heavy atom. The Bertz CT molecular complexity index is 581. The van der Waals surface area contributed by atoms with E-state index in [1.165, 1.54) is 0 Å². The van der Waals surface area contributed by atoms with E-state index in [2.05, 4.69) is 26.1 Å². The third-order valence-corrected chi connectivity index (χ3v) is 3.36. The molecule has 0 aliphatic rings. The molecule has 0 saturated heterocycles. The number of nitrogens with two attached hydrogens (primary N) is 1. The van der Waals surface area contributed by atoms with Crippen LogP contribution in [-0.4, -0.2) is 27.4 Å². The first-order valence-electron chi connectivity index (χ1n) is 5.93. The fraction of sp³-hybridized carbons (Fsp3) is 0.385. The van der Waals surface area contributed by atoms with Crippen LogP contribution in [0.5, 0.6) is 0 Å². The van der Waals surface area contributed by atoms with E-state index in [0.29, 0.717) is 11.7 Å². The number of aromatic nitrogens is 2. The van der Waals surface area contributed by atoms with Crippen molar-refractivity contribution in [3.63, 3.8) is 0 Å². The standard InChI is InChI=1S/C13H16BrN3O2/c1-8-5-9(14)3-4-10(8)12-16-11(19-17-12)6-13(2,18)7-15/h3-5,18H,6-7,15H2,1-2H3. The van der Waals surface area contributed by atoms with Crippen LogP contribution < -0.4 is 5.73 Å². The normalized spacial score (nSPS) is 14.4. The van der Waals surface area contributed by atoms with Gasteiger partial charge < -0.3 is 15.4 Å². The molecule has 0 radical (unpaired) electrons. The van der Waals surface area contributed by atoms with Gasteiger partial charge in [0.15, 0.2) is 0 Å². The van der Waals surface area contributed by atoms with Gasteiger partial charge in [-0.3, -0.25) is 0 Å². The third kappa shape index (κ3) is 3.40. The second kappa shape index (κ2) is 5.40. The molecule has 1 unspecified atom stereocenters. The zero-order valence-electron chi connectivity index (χ0n) is 10.9. The SMILES string of the molecule is Cc1cc(Br)ccc1-c1noc(CC(C)(O)CN)n1. The van der Waals surface area contributed by atoms with Crippen LogP contribution in [0.3, 0.4) is 0 Å². The molecule has 0 aliphatic carbocycles. The van der Waals surface area contributed by atoms with Crippen molar-refractivity contribution in [2.45, 2.75) is 25.9 Å². The average Bonchev–Trinajstić information content (AvgIpc) is 2.76. The van der Waals surface area contributed by atoms with Gasteiger partial charge in [0, 0.05) is 16.6 Å². The van der Waals surface area contributed by atoms with Crippen molar-refractivity contribution in [2.75, 3.05) is 6.54 Å². The van der Waals surface area contributed by atoms with Gasteiger partial charge in [-0.15, -0.1) is 0 Å². The maximum atomic E-state index is 9.89. The number of aryl methyl sites for hydroxylation is 1. The number of halogens is 1. The molecular weight excluding hydrogens is 310 g/mol. The van der Waals surface area contributed by atoms with E-state index in [4.69, 9.17) is 10.3 Å². The summed E-state index contributed by atoms with van der Waals surface area (Å²) in [6.07, 6.45) is 0.242. The molecule has 5 nitrogen and oxygen atoms in total. The summed E-state index contributed by atoms with van der Waals surface area (Å²) >= 11 is 3.41. The number of hydrogen-bond donors (Lipinski definition) is 2. The van der Waals surface area contributed by atoms with E-state index < -0.39 is 5.60 Å². The number of nitrogens with zero attached hydrogens (tertiary/aromatic N) is 2. The van der Waals surface area contributed by atoms with Gasteiger partial charge in [-0.1, -0.05) is 21.1 Å². The maximum Gasteiger partial charge on any atom is 0.229 e. The van der Waals surface area contributed by atoms with Gasteiger partial charge >= 0.3 is 0 Å². The quantitative estimate of drug-likeness (QED) is 0.898. The smallest absolute Gasteiger partial charge is 0.229 e. The van der Waals surface area contributed by atoms with Crippen LogP contribution in [0.2, 0.25) is 0 Å². The Morgan fingerprint density at radius 3 is 2.84 bits per heavy atom. The fourth-order valence-electron chi connectivity index (χ4n) is 1.71. The molecule has 6 heteroatoms. The van der Waals surface area contributed by atoms with Crippen molar-refractivity contribution < 1.29 is 9.63 Å². The monoisotopic (exact) mass is 325 g/mol. The fourth-order valence-corrected chi connectivity index (χ4v) is 2.19. The molecule has 1 aromatic heterocycles. The van der Waals surface area contributed by atoms with Gasteiger partial charge in [0.1, 0.15) is 0 Å². The molecular formula is C13H16BrN3O2. The molecule has 2 rings (SSSR count). The molecule has 1 atom stereocenters. The molecule has 102 valence electrons. The minimum atomic E-state index is -1.03. The van der Waals surface area contributed by atoms with E-state index in [-0.39, 0.29) is 13.0 Å². The second-order valence-electron chi connectivity index (χ2n) is 4.85. The molecule has 1 aromatic carbocycles. The van der Waals surface area contributed by atoms with Gasteiger partial charge in [-0.2, -0.15) is 4.98 Å². The summed E-state index contributed by atoms with van der Waals surface area (Å²) in [6.45, 7) is 3.76. The number of aliphatic hydroxyl groups is 1. The van der Waals surface area contributed by atoms with E-state index in [1.807, 2.05) is 25.1 Å². The minimum absolute atomic E-state index is 0.141. The summed E-state index contributed by atoms with van der Waals surface area (Å²) in [4.78, 5) is 4.30. The van der Waals surface area contributed by atoms with Crippen molar-refractivity contribution >= 4 is 15.9 Å². The molecule has 0 fully saturated rings. The first-order valence-corrected chi connectivity index (χ1v) is 6.72. The summed E-state index contributed by atoms with van der Waals surface area (Å²) in [7, 11) is 0. The van der Waals surface area contributed by atoms with Gasteiger partial charge in [0.25, 0.3) is 0 Å². The van der Waals surface area contributed by atoms with E-state index in [9.17, 15) is 5.11 Å². The van der Waals surface area contributed by atoms with E-state index >= 15 is 0 Å². The third-order valence-electron chi connectivity index (χ3n) is 2.87. The van der Waals surface area contributed by atoms with Crippen molar-refractivity contribution in [3.8, 4) is 11.4 Å². The molecule has 0 spiro atoms. The van der Waals surface area contributed by atoms with Crippen LogP contribution >= 0.6 is 15.9 Å². The highest BCUT2D eigenvalue weighted by molar-refractivity contribution is 9.10. The summed E-state index contributed by atoms with van der Waals surface area (Å²) < 4.78 is 6.16. The zero-order valence-corrected chi connectivity index (χ0v) is 12.4. The van der Waals surface area contributed by atoms with Crippen molar-refractivity contribution in [2.24, 2.45) is 5.73 Å². The van der Waals surface area contributed by atoms with Gasteiger partial charge in [0.05, 0.1) is 12.0 Å². The van der Waals surface area contributed by atoms with Crippen LogP contribution in [0, 0.1) is 6.92 Å². The van der Waals surface area contributed by atoms with Gasteiger partial charge in [0.2, 0.25) is 11.7 Å². The highest BCUT2D eigenvalue weighted by Gasteiger charge is 2.23. The lowest BCUT2D eigenvalue weighted by Gasteiger charge is -2.17. The maximum absolute atomic E-state index is 9.89. The van der Waals surface area contributed by atoms with E-state index in [1.54, 1.807) is 6.92 Å². The van der Waals surface area contributed by atoms with E-state index in [0.717, 1.165) is 15.6 Å². The predicted molar refractivity (Wildman–Crippen MR) is 75.6 cm³/mol. The number of benzene rings is 1. The zero-order chi connectivity index (χ0) is 14.0. The number of rotatable bonds is 4. The Labute approximate surface area is 119 Å². The molecule has 0 saturated carbocycles. The molecule has 0 bridgehead atoms. The van der Waals surface area contributed by atoms with Gasteiger partial charge in [-0.05, 0) is 37.6 Å². The lowest BCUT2D eigenvalue weighted by Crippen LogP contribution is -2.36. The van der Waals surface area contributed by atoms with Crippen LogP contribution in [0.4, 0.5) is 0 Å². The lowest BCUT2D eigenvalue weighted by molar-refractivity contribution is 0.0610. The Kier molecular flexibility index (Phi) is 4.03. The van der Waals surface area contributed by atoms with Crippen LogP contribution in [0.15, 0.2) is 27.2 Å². The number of hydrogen-bond acceptors (Lipinski definition) is 5. The lowest BCUT2D eigenvalue weighted by atomic mass is 10.0. The Morgan fingerprint density at radius 2 is 2.21 bits per heavy atom. The average molecular weight is 326 g/mol. The summed E-state index contributed by atoms with van der Waals surface area (Å²) in [5.74, 6) is 0.903. The van der Waals surface area contributed by atoms with Crippen LogP contribution in [-0.2, 0) is 6.42 Å². The van der Waals surface area contributed by atoms with Crippen LogP contribution in [0.1, 0.15) is 18.4 Å². The minimum Gasteiger partial charge on any atom is -0.388 e. The first kappa shape index (κ1) is 14.2.